The maximum Gasteiger partial charge on any atom is 0.303 e. The molecule has 11 rings (SSSR count). The molecule has 95 heavy (non-hydrogen) atoms. The molecule has 5 heterocycles. The van der Waals surface area contributed by atoms with E-state index >= 15 is 9.59 Å². The Bertz CT molecular complexity index is 3640. The Labute approximate surface area is 545 Å². The van der Waals surface area contributed by atoms with Gasteiger partial charge in [-0.25, -0.2) is 0 Å². The van der Waals surface area contributed by atoms with E-state index in [9.17, 15) is 33.9 Å². The van der Waals surface area contributed by atoms with Crippen LogP contribution in [0, 0.1) is 0 Å². The van der Waals surface area contributed by atoms with Gasteiger partial charge in [0.2, 0.25) is 6.29 Å². The van der Waals surface area contributed by atoms with Crippen molar-refractivity contribution in [3.63, 3.8) is 0 Å². The van der Waals surface area contributed by atoms with Gasteiger partial charge in [0.25, 0.3) is 23.6 Å². The number of nitrogens with zero attached hydrogens (tertiary/aromatic N) is 2. The van der Waals surface area contributed by atoms with Crippen molar-refractivity contribution in [2.75, 3.05) is 26.9 Å². The van der Waals surface area contributed by atoms with Crippen LogP contribution in [0.1, 0.15) is 85.8 Å². The molecule has 3 fully saturated rings. The van der Waals surface area contributed by atoms with E-state index in [0.717, 1.165) is 43.1 Å². The summed E-state index contributed by atoms with van der Waals surface area (Å²) in [7, 11) is 1.50. The largest absolute Gasteiger partial charge is 0.497 e. The maximum absolute atomic E-state index is 15.0. The third-order valence-corrected chi connectivity index (χ3v) is 16.5. The smallest absolute Gasteiger partial charge is 0.303 e. The minimum atomic E-state index is -2.01. The van der Waals surface area contributed by atoms with Crippen molar-refractivity contribution in [1.82, 2.24) is 9.80 Å². The zero-order chi connectivity index (χ0) is 66.9. The van der Waals surface area contributed by atoms with Crippen LogP contribution in [-0.2, 0) is 95.8 Å². The van der Waals surface area contributed by atoms with E-state index in [4.69, 9.17) is 66.3 Å². The average Bonchev–Trinajstić information content (AvgIpc) is 1.70. The molecule has 4 amide bonds. The number of aliphatic hydroxyl groups excluding tert-OH is 1. The van der Waals surface area contributed by atoms with Gasteiger partial charge >= 0.3 is 23.9 Å². The Morgan fingerprint density at radius 1 is 0.411 bits per heavy atom. The number of carbonyl (C=O) groups excluding carboxylic acids is 8. The molecule has 6 aromatic rings. The standard InChI is InChI=1S/C70H70N2O23/c1-39(74)84-38-54-59(87-40(2)75)61(88-41(3)76)56(72-66(80)50-27-17-18-28-51(50)67(72)81)69(93-54)94-57-52(33-73)91-70(63(89-42(4)77)62(57)86-36-45-23-13-8-14-24-45)95-58-53(37-83-34-43-19-9-6-10-20-43)92-68(90-47-31-29-46(82-5)30-32-47)55(60(58)85-35-44-21-11-7-12-22-44)71-64(78)48-25-15-16-26-49(48)65(71)79/h6-32,52-63,68-70,73H,33-38H2,1-5H3/t52-,53-,54-,55-,56-,57-,58-,59-,60-,61-,62+,63+,68-,69+,70+/m1/s1. The molecule has 0 radical (unpaired) electrons. The van der Waals surface area contributed by atoms with Crippen molar-refractivity contribution >= 4 is 47.5 Å². The van der Waals surface area contributed by atoms with Gasteiger partial charge in [0.1, 0.15) is 72.9 Å². The van der Waals surface area contributed by atoms with E-state index in [2.05, 4.69) is 0 Å². The van der Waals surface area contributed by atoms with Crippen LogP contribution in [0.3, 0.4) is 0 Å². The third-order valence-electron chi connectivity index (χ3n) is 16.5. The summed E-state index contributed by atoms with van der Waals surface area (Å²) in [6.07, 6.45) is -21.7. The van der Waals surface area contributed by atoms with Gasteiger partial charge in [0.05, 0.1) is 62.4 Å². The predicted molar refractivity (Wildman–Crippen MR) is 327 cm³/mol. The number of amides is 4. The quantitative estimate of drug-likeness (QED) is 0.0385. The van der Waals surface area contributed by atoms with Crippen LogP contribution in [0.5, 0.6) is 11.5 Å². The van der Waals surface area contributed by atoms with E-state index in [-0.39, 0.29) is 54.4 Å². The second-order valence-electron chi connectivity index (χ2n) is 22.9. The lowest BCUT2D eigenvalue weighted by molar-refractivity contribution is -0.375. The van der Waals surface area contributed by atoms with Gasteiger partial charge in [-0.3, -0.25) is 48.2 Å². The molecule has 498 valence electrons. The van der Waals surface area contributed by atoms with Gasteiger partial charge in [-0.05, 0) is 65.2 Å². The molecule has 25 nitrogen and oxygen atoms in total. The van der Waals surface area contributed by atoms with Gasteiger partial charge in [-0.2, -0.15) is 0 Å². The van der Waals surface area contributed by atoms with E-state index < -0.39 is 153 Å². The number of hydrogen-bond donors (Lipinski definition) is 1. The zero-order valence-electron chi connectivity index (χ0n) is 52.3. The molecule has 5 aliphatic heterocycles. The predicted octanol–water partition coefficient (Wildman–Crippen LogP) is 6.09. The molecule has 0 spiro atoms. The van der Waals surface area contributed by atoms with Crippen molar-refractivity contribution in [2.24, 2.45) is 0 Å². The molecule has 0 saturated carbocycles. The Hall–Kier alpha value is -9.28. The van der Waals surface area contributed by atoms with Crippen LogP contribution in [-0.4, -0.2) is 181 Å². The highest BCUT2D eigenvalue weighted by atomic mass is 16.8. The minimum Gasteiger partial charge on any atom is -0.497 e. The fraction of sp³-hybridized carbons (Fsp3) is 0.371. The molecule has 0 bridgehead atoms. The second kappa shape index (κ2) is 30.4. The molecular weight excluding hydrogens is 1240 g/mol. The Kier molecular flexibility index (Phi) is 21.5. The third kappa shape index (κ3) is 15.1. The molecule has 0 aliphatic carbocycles. The van der Waals surface area contributed by atoms with E-state index in [1.165, 1.54) is 43.5 Å². The van der Waals surface area contributed by atoms with E-state index in [1.807, 2.05) is 36.4 Å². The van der Waals surface area contributed by atoms with Gasteiger partial charge in [0, 0.05) is 27.7 Å². The lowest BCUT2D eigenvalue weighted by Gasteiger charge is -2.52. The van der Waals surface area contributed by atoms with E-state index in [0.29, 0.717) is 16.9 Å². The van der Waals surface area contributed by atoms with Crippen molar-refractivity contribution in [2.45, 2.75) is 140 Å². The maximum atomic E-state index is 15.0. The first-order chi connectivity index (χ1) is 46.0. The number of imide groups is 2. The summed E-state index contributed by atoms with van der Waals surface area (Å²) >= 11 is 0. The Balaban J connectivity index is 1.04. The van der Waals surface area contributed by atoms with Crippen LogP contribution >= 0.6 is 0 Å². The highest BCUT2D eigenvalue weighted by molar-refractivity contribution is 6.22. The zero-order valence-corrected chi connectivity index (χ0v) is 52.3. The topological polar surface area (TPSA) is 292 Å². The van der Waals surface area contributed by atoms with Crippen LogP contribution in [0.4, 0.5) is 0 Å². The fourth-order valence-electron chi connectivity index (χ4n) is 12.3. The summed E-state index contributed by atoms with van der Waals surface area (Å²) in [4.78, 5) is 114. The van der Waals surface area contributed by atoms with Gasteiger partial charge < -0.3 is 71.4 Å². The van der Waals surface area contributed by atoms with Crippen molar-refractivity contribution in [3.8, 4) is 11.5 Å². The number of esters is 4. The SMILES string of the molecule is COc1ccc(O[C@@H]2O[C@H](COCc3ccccc3)[C@@H](O[C@@H]3O[C@H](CO)[C@@H](O[C@@H]4O[C@H](COC(C)=O)[C@@H](OC(C)=O)[C@H](OC(C)=O)[C@H]4N4C(=O)c5ccccc5C4=O)[C@H](OCc4ccccc4)[C@@H]3OC(C)=O)[C@H](OCc3ccccc3)[C@H]2N2C(=O)c3ccccc3C2=O)cc1. The number of aliphatic hydroxyl groups is 1. The number of fused-ring (bicyclic) bond motifs is 2. The summed E-state index contributed by atoms with van der Waals surface area (Å²) in [5.41, 5.74) is 2.07. The second-order valence-corrected chi connectivity index (χ2v) is 22.9. The van der Waals surface area contributed by atoms with Crippen LogP contribution < -0.4 is 9.47 Å². The molecule has 0 unspecified atom stereocenters. The highest BCUT2D eigenvalue weighted by Gasteiger charge is 2.62. The molecule has 0 aromatic heterocycles. The molecule has 5 aliphatic rings. The molecular formula is C70H70N2O23. The molecule has 25 heteroatoms. The van der Waals surface area contributed by atoms with E-state index in [1.54, 1.807) is 91.0 Å². The van der Waals surface area contributed by atoms with Crippen molar-refractivity contribution in [3.05, 3.63) is 203 Å². The lowest BCUT2D eigenvalue weighted by Crippen LogP contribution is -2.71. The van der Waals surface area contributed by atoms with Gasteiger partial charge in [-0.1, -0.05) is 115 Å². The number of rotatable bonds is 25. The summed E-state index contributed by atoms with van der Waals surface area (Å²) in [6, 6.07) is 42.3. The number of hydrogen-bond acceptors (Lipinski definition) is 23. The van der Waals surface area contributed by atoms with Crippen molar-refractivity contribution < 1.29 is 110 Å². The first-order valence-corrected chi connectivity index (χ1v) is 30.7. The Morgan fingerprint density at radius 3 is 1.29 bits per heavy atom. The fourth-order valence-corrected chi connectivity index (χ4v) is 12.3. The first-order valence-electron chi connectivity index (χ1n) is 30.7. The summed E-state index contributed by atoms with van der Waals surface area (Å²) in [5.74, 6) is -6.13. The average molecular weight is 1310 g/mol. The molecule has 1 N–H and O–H groups in total. The minimum absolute atomic E-state index is 0.0401. The van der Waals surface area contributed by atoms with Crippen LogP contribution in [0.2, 0.25) is 0 Å². The number of benzene rings is 6. The van der Waals surface area contributed by atoms with Crippen molar-refractivity contribution in [1.29, 1.82) is 0 Å². The van der Waals surface area contributed by atoms with Crippen LogP contribution in [0.25, 0.3) is 0 Å². The molecule has 6 aromatic carbocycles. The number of methoxy groups -OCH3 is 1. The summed E-state index contributed by atoms with van der Waals surface area (Å²) < 4.78 is 90.5. The number of carbonyl (C=O) groups is 8. The lowest BCUT2D eigenvalue weighted by atomic mass is 9.93. The number of ether oxygens (including phenoxy) is 14. The first kappa shape index (κ1) is 67.2. The molecule has 3 saturated heterocycles. The van der Waals surface area contributed by atoms with Crippen LogP contribution in [0.15, 0.2) is 164 Å². The Morgan fingerprint density at radius 2 is 0.811 bits per heavy atom. The van der Waals surface area contributed by atoms with Gasteiger partial charge in [0.15, 0.2) is 30.9 Å². The summed E-state index contributed by atoms with van der Waals surface area (Å²) in [6.45, 7) is 1.97. The highest BCUT2D eigenvalue weighted by Crippen LogP contribution is 2.42. The van der Waals surface area contributed by atoms with Gasteiger partial charge in [-0.15, -0.1) is 0 Å². The monoisotopic (exact) mass is 1310 g/mol. The summed E-state index contributed by atoms with van der Waals surface area (Å²) in [5, 5.41) is 11.8. The molecule has 15 atom stereocenters. The normalized spacial score (nSPS) is 27.1.